The number of nitrogens with zero attached hydrogens (tertiary/aromatic N) is 2. The summed E-state index contributed by atoms with van der Waals surface area (Å²) in [6.45, 7) is 3.35. The van der Waals surface area contributed by atoms with Crippen molar-refractivity contribution in [1.82, 2.24) is 10.2 Å². The summed E-state index contributed by atoms with van der Waals surface area (Å²) >= 11 is 0. The highest BCUT2D eigenvalue weighted by atomic mass is 16.5. The SMILES string of the molecule is COc1ccc(C2C(C(=O)NCc3ccc(CN(C)C)cc3)CCC(=O)N2c2ccc(C)cc2)cc1. The molecule has 6 nitrogen and oxygen atoms in total. The number of anilines is 1. The summed E-state index contributed by atoms with van der Waals surface area (Å²) in [7, 11) is 5.71. The highest BCUT2D eigenvalue weighted by Crippen LogP contribution is 2.40. The van der Waals surface area contributed by atoms with Crippen LogP contribution in [0.5, 0.6) is 5.75 Å². The molecule has 1 saturated heterocycles. The van der Waals surface area contributed by atoms with Gasteiger partial charge in [-0.15, -0.1) is 0 Å². The van der Waals surface area contributed by atoms with Gasteiger partial charge in [0.2, 0.25) is 11.8 Å². The molecule has 3 aromatic rings. The van der Waals surface area contributed by atoms with Crippen LogP contribution in [0.4, 0.5) is 5.69 Å². The minimum Gasteiger partial charge on any atom is -0.497 e. The van der Waals surface area contributed by atoms with Gasteiger partial charge in [-0.05, 0) is 68.4 Å². The number of benzene rings is 3. The number of carbonyl (C=O) groups is 2. The molecule has 0 aromatic heterocycles. The molecule has 0 radical (unpaired) electrons. The number of piperidine rings is 1. The van der Waals surface area contributed by atoms with Gasteiger partial charge in [0.1, 0.15) is 5.75 Å². The van der Waals surface area contributed by atoms with Gasteiger partial charge >= 0.3 is 0 Å². The molecule has 4 rings (SSSR count). The minimum atomic E-state index is -0.401. The zero-order valence-electron chi connectivity index (χ0n) is 21.5. The lowest BCUT2D eigenvalue weighted by Gasteiger charge is -2.41. The van der Waals surface area contributed by atoms with Gasteiger partial charge in [0.15, 0.2) is 0 Å². The third-order valence-electron chi connectivity index (χ3n) is 6.69. The highest BCUT2D eigenvalue weighted by Gasteiger charge is 2.41. The van der Waals surface area contributed by atoms with Crippen molar-refractivity contribution in [3.8, 4) is 5.75 Å². The molecule has 0 saturated carbocycles. The van der Waals surface area contributed by atoms with E-state index < -0.39 is 6.04 Å². The minimum absolute atomic E-state index is 0.0280. The van der Waals surface area contributed by atoms with E-state index in [0.29, 0.717) is 19.4 Å². The van der Waals surface area contributed by atoms with E-state index in [1.807, 2.05) is 69.6 Å². The first kappa shape index (κ1) is 25.5. The van der Waals surface area contributed by atoms with Crippen molar-refractivity contribution in [2.24, 2.45) is 5.92 Å². The summed E-state index contributed by atoms with van der Waals surface area (Å²) in [6, 6.07) is 23.5. The standard InChI is InChI=1S/C30H35N3O3/c1-21-5-13-25(14-6-21)33-28(34)18-17-27(29(33)24-11-15-26(36-4)16-12-24)30(35)31-19-22-7-9-23(10-8-22)20-32(2)3/h5-16,27,29H,17-20H2,1-4H3,(H,31,35). The van der Waals surface area contributed by atoms with Gasteiger partial charge in [-0.25, -0.2) is 0 Å². The van der Waals surface area contributed by atoms with Gasteiger partial charge in [0.05, 0.1) is 19.1 Å². The maximum Gasteiger partial charge on any atom is 0.227 e. The van der Waals surface area contributed by atoms with Crippen LogP contribution in [0.3, 0.4) is 0 Å². The Hall–Kier alpha value is -3.64. The number of rotatable bonds is 8. The van der Waals surface area contributed by atoms with Crippen LogP contribution in [-0.2, 0) is 22.7 Å². The molecule has 0 aliphatic carbocycles. The Morgan fingerprint density at radius 3 is 2.22 bits per heavy atom. The number of hydrogen-bond acceptors (Lipinski definition) is 4. The topological polar surface area (TPSA) is 61.9 Å². The molecule has 188 valence electrons. The zero-order chi connectivity index (χ0) is 25.7. The fourth-order valence-electron chi connectivity index (χ4n) is 4.81. The number of methoxy groups -OCH3 is 1. The molecule has 3 aromatic carbocycles. The summed E-state index contributed by atoms with van der Waals surface area (Å²) < 4.78 is 5.33. The molecule has 2 unspecified atom stereocenters. The van der Waals surface area contributed by atoms with Crippen LogP contribution >= 0.6 is 0 Å². The van der Waals surface area contributed by atoms with Crippen molar-refractivity contribution < 1.29 is 14.3 Å². The molecule has 0 spiro atoms. The smallest absolute Gasteiger partial charge is 0.227 e. The Morgan fingerprint density at radius 1 is 0.972 bits per heavy atom. The van der Waals surface area contributed by atoms with Crippen LogP contribution in [-0.4, -0.2) is 37.9 Å². The average molecular weight is 486 g/mol. The van der Waals surface area contributed by atoms with E-state index in [1.165, 1.54) is 5.56 Å². The Balaban J connectivity index is 1.58. The van der Waals surface area contributed by atoms with Gasteiger partial charge in [-0.2, -0.15) is 0 Å². The second-order valence-corrected chi connectivity index (χ2v) is 9.73. The molecule has 6 heteroatoms. The van der Waals surface area contributed by atoms with Crippen molar-refractivity contribution in [1.29, 1.82) is 0 Å². The fourth-order valence-corrected chi connectivity index (χ4v) is 4.81. The zero-order valence-corrected chi connectivity index (χ0v) is 21.5. The summed E-state index contributed by atoms with van der Waals surface area (Å²) in [5, 5.41) is 3.14. The summed E-state index contributed by atoms with van der Waals surface area (Å²) in [5.41, 5.74) is 5.12. The van der Waals surface area contributed by atoms with Crippen LogP contribution < -0.4 is 15.0 Å². The third-order valence-corrected chi connectivity index (χ3v) is 6.69. The molecule has 2 atom stereocenters. The number of nitrogens with one attached hydrogen (secondary N) is 1. The van der Waals surface area contributed by atoms with Crippen LogP contribution in [0.2, 0.25) is 0 Å². The lowest BCUT2D eigenvalue weighted by Crippen LogP contribution is -2.48. The maximum absolute atomic E-state index is 13.5. The molecule has 2 amide bonds. The van der Waals surface area contributed by atoms with Crippen molar-refractivity contribution in [3.05, 3.63) is 95.1 Å². The lowest BCUT2D eigenvalue weighted by molar-refractivity contribution is -0.129. The van der Waals surface area contributed by atoms with Gasteiger partial charge in [0.25, 0.3) is 0 Å². The van der Waals surface area contributed by atoms with E-state index in [-0.39, 0.29) is 17.7 Å². The van der Waals surface area contributed by atoms with Crippen LogP contribution in [0, 0.1) is 12.8 Å². The number of ether oxygens (including phenoxy) is 1. The van der Waals surface area contributed by atoms with E-state index in [2.05, 4.69) is 34.5 Å². The monoisotopic (exact) mass is 485 g/mol. The van der Waals surface area contributed by atoms with Crippen LogP contribution in [0.15, 0.2) is 72.8 Å². The first-order chi connectivity index (χ1) is 17.4. The van der Waals surface area contributed by atoms with Gasteiger partial charge in [-0.3, -0.25) is 9.59 Å². The van der Waals surface area contributed by atoms with E-state index in [4.69, 9.17) is 4.74 Å². The Labute approximate surface area is 213 Å². The van der Waals surface area contributed by atoms with Gasteiger partial charge < -0.3 is 19.9 Å². The van der Waals surface area contributed by atoms with Crippen molar-refractivity contribution in [2.75, 3.05) is 26.1 Å². The number of hydrogen-bond donors (Lipinski definition) is 1. The van der Waals surface area contributed by atoms with Gasteiger partial charge in [0, 0.05) is 25.2 Å². The normalized spacial score (nSPS) is 17.8. The molecule has 1 heterocycles. The Morgan fingerprint density at radius 2 is 1.61 bits per heavy atom. The first-order valence-corrected chi connectivity index (χ1v) is 12.4. The molecule has 36 heavy (non-hydrogen) atoms. The van der Waals surface area contributed by atoms with Crippen molar-refractivity contribution in [2.45, 2.75) is 38.9 Å². The average Bonchev–Trinajstić information content (AvgIpc) is 2.88. The Bertz CT molecular complexity index is 1170. The van der Waals surface area contributed by atoms with E-state index in [0.717, 1.165) is 34.7 Å². The molecule has 1 fully saturated rings. The number of carbonyl (C=O) groups excluding carboxylic acids is 2. The molecule has 0 bridgehead atoms. The van der Waals surface area contributed by atoms with Crippen LogP contribution in [0.1, 0.15) is 41.1 Å². The second kappa shape index (κ2) is 11.4. The summed E-state index contributed by atoms with van der Waals surface area (Å²) in [6.07, 6.45) is 0.837. The maximum atomic E-state index is 13.5. The molecule has 1 aliphatic rings. The Kier molecular flexibility index (Phi) is 8.06. The first-order valence-electron chi connectivity index (χ1n) is 12.4. The largest absolute Gasteiger partial charge is 0.497 e. The van der Waals surface area contributed by atoms with Crippen molar-refractivity contribution >= 4 is 17.5 Å². The number of aryl methyl sites for hydroxylation is 1. The summed E-state index contributed by atoms with van der Waals surface area (Å²) in [4.78, 5) is 30.7. The van der Waals surface area contributed by atoms with Crippen molar-refractivity contribution in [3.63, 3.8) is 0 Å². The van der Waals surface area contributed by atoms with Gasteiger partial charge in [-0.1, -0.05) is 54.1 Å². The lowest BCUT2D eigenvalue weighted by atomic mass is 9.83. The predicted molar refractivity (Wildman–Crippen MR) is 143 cm³/mol. The molecular weight excluding hydrogens is 450 g/mol. The third kappa shape index (κ3) is 5.94. The quantitative estimate of drug-likeness (QED) is 0.495. The predicted octanol–water partition coefficient (Wildman–Crippen LogP) is 4.87. The summed E-state index contributed by atoms with van der Waals surface area (Å²) in [5.74, 6) is 0.352. The fraction of sp³-hybridized carbons (Fsp3) is 0.333. The van der Waals surface area contributed by atoms with E-state index in [9.17, 15) is 9.59 Å². The van der Waals surface area contributed by atoms with E-state index in [1.54, 1.807) is 12.0 Å². The second-order valence-electron chi connectivity index (χ2n) is 9.73. The molecular formula is C30H35N3O3. The van der Waals surface area contributed by atoms with E-state index >= 15 is 0 Å². The number of amides is 2. The molecule has 1 N–H and O–H groups in total. The van der Waals surface area contributed by atoms with Crippen LogP contribution in [0.25, 0.3) is 0 Å². The molecule has 1 aliphatic heterocycles. The highest BCUT2D eigenvalue weighted by molar-refractivity contribution is 5.97.